The molecule has 0 spiro atoms. The van der Waals surface area contributed by atoms with E-state index in [2.05, 4.69) is 9.88 Å². The summed E-state index contributed by atoms with van der Waals surface area (Å²) in [5.74, 6) is 1.73. The van der Waals surface area contributed by atoms with Crippen molar-refractivity contribution in [3.05, 3.63) is 18.3 Å². The van der Waals surface area contributed by atoms with E-state index in [-0.39, 0.29) is 11.8 Å². The highest BCUT2D eigenvalue weighted by atomic mass is 16.5. The number of pyridine rings is 1. The molecule has 1 unspecified atom stereocenters. The minimum Gasteiger partial charge on any atom is -0.493 e. The zero-order valence-corrected chi connectivity index (χ0v) is 10.6. The van der Waals surface area contributed by atoms with Gasteiger partial charge in [-0.25, -0.2) is 4.98 Å². The summed E-state index contributed by atoms with van der Waals surface area (Å²) in [6.07, 6.45) is 1.74. The SMILES string of the molecule is CCN(CC(C)C(=N)N)c1ncccc1OC. The molecule has 0 bridgehead atoms. The van der Waals surface area contributed by atoms with Crippen LogP contribution in [0.1, 0.15) is 13.8 Å². The van der Waals surface area contributed by atoms with Crippen molar-refractivity contribution in [1.29, 1.82) is 5.41 Å². The molecule has 5 heteroatoms. The molecule has 0 aliphatic carbocycles. The standard InChI is InChI=1S/C12H20N4O/c1-4-16(8-9(2)11(13)14)12-10(17-3)6-5-7-15-12/h5-7,9H,4,8H2,1-3H3,(H3,13,14). The van der Waals surface area contributed by atoms with E-state index in [4.69, 9.17) is 15.9 Å². The minimum atomic E-state index is 0.00154. The normalized spacial score (nSPS) is 11.9. The number of amidine groups is 1. The van der Waals surface area contributed by atoms with E-state index in [9.17, 15) is 0 Å². The van der Waals surface area contributed by atoms with Gasteiger partial charge in [0.05, 0.1) is 12.9 Å². The molecular weight excluding hydrogens is 216 g/mol. The molecule has 94 valence electrons. The molecule has 1 atom stereocenters. The van der Waals surface area contributed by atoms with Crippen molar-refractivity contribution in [1.82, 2.24) is 4.98 Å². The van der Waals surface area contributed by atoms with Crippen LogP contribution in [-0.4, -0.2) is 31.0 Å². The number of anilines is 1. The third kappa shape index (κ3) is 3.34. The summed E-state index contributed by atoms with van der Waals surface area (Å²) < 4.78 is 5.28. The summed E-state index contributed by atoms with van der Waals surface area (Å²) in [6.45, 7) is 5.44. The van der Waals surface area contributed by atoms with Gasteiger partial charge in [0.15, 0.2) is 11.6 Å². The Morgan fingerprint density at radius 3 is 2.88 bits per heavy atom. The number of hydrogen-bond acceptors (Lipinski definition) is 4. The Bertz CT molecular complexity index is 381. The van der Waals surface area contributed by atoms with Crippen molar-refractivity contribution in [2.75, 3.05) is 25.1 Å². The quantitative estimate of drug-likeness (QED) is 0.579. The maximum Gasteiger partial charge on any atom is 0.171 e. The average Bonchev–Trinajstić information content (AvgIpc) is 2.35. The molecule has 1 rings (SSSR count). The van der Waals surface area contributed by atoms with Gasteiger partial charge in [0, 0.05) is 25.2 Å². The lowest BCUT2D eigenvalue weighted by molar-refractivity contribution is 0.412. The number of nitrogens with two attached hydrogens (primary N) is 1. The van der Waals surface area contributed by atoms with Crippen LogP contribution in [0.3, 0.4) is 0 Å². The van der Waals surface area contributed by atoms with Crippen molar-refractivity contribution < 1.29 is 4.74 Å². The highest BCUT2D eigenvalue weighted by Gasteiger charge is 2.15. The number of methoxy groups -OCH3 is 1. The van der Waals surface area contributed by atoms with Crippen LogP contribution in [0, 0.1) is 11.3 Å². The van der Waals surface area contributed by atoms with Crippen molar-refractivity contribution in [2.45, 2.75) is 13.8 Å². The van der Waals surface area contributed by atoms with Crippen molar-refractivity contribution in [3.8, 4) is 5.75 Å². The van der Waals surface area contributed by atoms with Gasteiger partial charge in [-0.1, -0.05) is 6.92 Å². The first-order valence-corrected chi connectivity index (χ1v) is 5.68. The number of ether oxygens (including phenoxy) is 1. The van der Waals surface area contributed by atoms with Gasteiger partial charge in [-0.3, -0.25) is 5.41 Å². The van der Waals surface area contributed by atoms with Crippen LogP contribution >= 0.6 is 0 Å². The third-order valence-corrected chi connectivity index (χ3v) is 2.68. The summed E-state index contributed by atoms with van der Waals surface area (Å²) in [4.78, 5) is 6.38. The molecule has 1 aromatic heterocycles. The molecule has 0 fully saturated rings. The molecule has 0 aliphatic rings. The molecule has 0 amide bonds. The van der Waals surface area contributed by atoms with Crippen molar-refractivity contribution >= 4 is 11.7 Å². The van der Waals surface area contributed by atoms with Crippen LogP contribution in [0.5, 0.6) is 5.75 Å². The summed E-state index contributed by atoms with van der Waals surface area (Å²) in [5, 5.41) is 7.43. The van der Waals surface area contributed by atoms with Gasteiger partial charge in [-0.05, 0) is 19.1 Å². The number of hydrogen-bond donors (Lipinski definition) is 2. The summed E-state index contributed by atoms with van der Waals surface area (Å²) in [6, 6.07) is 3.72. The Kier molecular flexibility index (Phi) is 4.75. The monoisotopic (exact) mass is 236 g/mol. The highest BCUT2D eigenvalue weighted by Crippen LogP contribution is 2.25. The maximum atomic E-state index is 7.43. The van der Waals surface area contributed by atoms with E-state index < -0.39 is 0 Å². The summed E-state index contributed by atoms with van der Waals surface area (Å²) >= 11 is 0. The lowest BCUT2D eigenvalue weighted by Gasteiger charge is -2.26. The molecule has 1 aromatic rings. The van der Waals surface area contributed by atoms with E-state index in [0.717, 1.165) is 18.1 Å². The lowest BCUT2D eigenvalue weighted by atomic mass is 10.1. The fourth-order valence-corrected chi connectivity index (χ4v) is 1.57. The van der Waals surface area contributed by atoms with Crippen LogP contribution in [0.15, 0.2) is 18.3 Å². The van der Waals surface area contributed by atoms with Gasteiger partial charge in [-0.15, -0.1) is 0 Å². The largest absolute Gasteiger partial charge is 0.493 e. The second-order valence-corrected chi connectivity index (χ2v) is 3.92. The molecule has 0 aromatic carbocycles. The highest BCUT2D eigenvalue weighted by molar-refractivity contribution is 5.79. The molecule has 0 saturated carbocycles. The van der Waals surface area contributed by atoms with Crippen LogP contribution in [0.4, 0.5) is 5.82 Å². The number of aromatic nitrogens is 1. The topological polar surface area (TPSA) is 75.2 Å². The average molecular weight is 236 g/mol. The molecule has 5 nitrogen and oxygen atoms in total. The number of nitrogens with one attached hydrogen (secondary N) is 1. The molecule has 1 heterocycles. The van der Waals surface area contributed by atoms with Gasteiger partial charge in [0.1, 0.15) is 0 Å². The van der Waals surface area contributed by atoms with Gasteiger partial charge in [0.2, 0.25) is 0 Å². The molecular formula is C12H20N4O. The number of rotatable bonds is 6. The Morgan fingerprint density at radius 1 is 1.65 bits per heavy atom. The lowest BCUT2D eigenvalue weighted by Crippen LogP contribution is -2.35. The third-order valence-electron chi connectivity index (χ3n) is 2.68. The first kappa shape index (κ1) is 13.3. The van der Waals surface area contributed by atoms with Gasteiger partial charge < -0.3 is 15.4 Å². The van der Waals surface area contributed by atoms with E-state index in [1.165, 1.54) is 0 Å². The van der Waals surface area contributed by atoms with Crippen LogP contribution in [-0.2, 0) is 0 Å². The van der Waals surface area contributed by atoms with Gasteiger partial charge in [0.25, 0.3) is 0 Å². The van der Waals surface area contributed by atoms with Crippen molar-refractivity contribution in [3.63, 3.8) is 0 Å². The van der Waals surface area contributed by atoms with Gasteiger partial charge in [-0.2, -0.15) is 0 Å². The first-order valence-electron chi connectivity index (χ1n) is 5.68. The van der Waals surface area contributed by atoms with Crippen LogP contribution in [0.25, 0.3) is 0 Å². The van der Waals surface area contributed by atoms with E-state index >= 15 is 0 Å². The fraction of sp³-hybridized carbons (Fsp3) is 0.500. The molecule has 0 aliphatic heterocycles. The Balaban J connectivity index is 2.89. The molecule has 17 heavy (non-hydrogen) atoms. The second-order valence-electron chi connectivity index (χ2n) is 3.92. The van der Waals surface area contributed by atoms with Crippen LogP contribution < -0.4 is 15.4 Å². The Hall–Kier alpha value is -1.78. The molecule has 0 saturated heterocycles. The zero-order valence-electron chi connectivity index (χ0n) is 10.6. The van der Waals surface area contributed by atoms with E-state index in [1.54, 1.807) is 13.3 Å². The smallest absolute Gasteiger partial charge is 0.171 e. The Labute approximate surface area is 102 Å². The second kappa shape index (κ2) is 6.08. The summed E-state index contributed by atoms with van der Waals surface area (Å²) in [7, 11) is 1.63. The first-order chi connectivity index (χ1) is 8.10. The number of nitrogens with zero attached hydrogens (tertiary/aromatic N) is 2. The fourth-order valence-electron chi connectivity index (χ4n) is 1.57. The maximum absolute atomic E-state index is 7.43. The summed E-state index contributed by atoms with van der Waals surface area (Å²) in [5.41, 5.74) is 5.49. The zero-order chi connectivity index (χ0) is 12.8. The Morgan fingerprint density at radius 2 is 2.35 bits per heavy atom. The minimum absolute atomic E-state index is 0.00154. The predicted octanol–water partition coefficient (Wildman–Crippen LogP) is 1.49. The predicted molar refractivity (Wildman–Crippen MR) is 69.8 cm³/mol. The van der Waals surface area contributed by atoms with Crippen molar-refractivity contribution in [2.24, 2.45) is 11.7 Å². The molecule has 3 N–H and O–H groups in total. The van der Waals surface area contributed by atoms with Crippen LogP contribution in [0.2, 0.25) is 0 Å². The molecule has 0 radical (unpaired) electrons. The van der Waals surface area contributed by atoms with E-state index in [1.807, 2.05) is 26.0 Å². The van der Waals surface area contributed by atoms with Gasteiger partial charge >= 0.3 is 0 Å². The van der Waals surface area contributed by atoms with E-state index in [0.29, 0.717) is 6.54 Å².